The first-order valence-corrected chi connectivity index (χ1v) is 14.2. The first-order chi connectivity index (χ1) is 19.6. The van der Waals surface area contributed by atoms with E-state index in [4.69, 9.17) is 9.47 Å². The Kier molecular flexibility index (Phi) is 7.79. The molecule has 1 saturated carbocycles. The maximum absolute atomic E-state index is 13.7. The highest BCUT2D eigenvalue weighted by molar-refractivity contribution is 5.83. The summed E-state index contributed by atoms with van der Waals surface area (Å²) >= 11 is 0. The van der Waals surface area contributed by atoms with E-state index in [-0.39, 0.29) is 5.56 Å². The summed E-state index contributed by atoms with van der Waals surface area (Å²) in [7, 11) is 3.20. The number of methoxy groups -OCH3 is 2. The van der Waals surface area contributed by atoms with Crippen molar-refractivity contribution < 1.29 is 9.47 Å². The molecule has 1 saturated heterocycles. The van der Waals surface area contributed by atoms with Gasteiger partial charge in [0.05, 0.1) is 26.3 Å². The van der Waals surface area contributed by atoms with Gasteiger partial charge in [-0.2, -0.15) is 0 Å². The van der Waals surface area contributed by atoms with Crippen molar-refractivity contribution in [3.63, 3.8) is 0 Å². The van der Waals surface area contributed by atoms with E-state index in [2.05, 4.69) is 42.4 Å². The molecule has 210 valence electrons. The van der Waals surface area contributed by atoms with Gasteiger partial charge in [-0.3, -0.25) is 14.6 Å². The molecule has 0 amide bonds. The van der Waals surface area contributed by atoms with Crippen LogP contribution in [0.25, 0.3) is 10.9 Å². The highest BCUT2D eigenvalue weighted by Crippen LogP contribution is 2.34. The minimum Gasteiger partial charge on any atom is -0.493 e. The van der Waals surface area contributed by atoms with Gasteiger partial charge in [-0.05, 0) is 41.0 Å². The molecule has 0 radical (unpaired) electrons. The smallest absolute Gasteiger partial charge is 0.253 e. The zero-order valence-electron chi connectivity index (χ0n) is 23.3. The number of aromatic amines is 1. The zero-order valence-corrected chi connectivity index (χ0v) is 23.3. The third-order valence-electron chi connectivity index (χ3n) is 8.46. The molecule has 0 spiro atoms. The largest absolute Gasteiger partial charge is 0.493 e. The van der Waals surface area contributed by atoms with Crippen LogP contribution in [0.15, 0.2) is 53.3 Å². The Hall–Kier alpha value is -3.76. The van der Waals surface area contributed by atoms with Crippen LogP contribution in [0, 0.1) is 0 Å². The SMILES string of the molecule is COc1cc2cc([C@H](c3nnnn3Cc3ccccc3)N3CCN(C4CCCCC4)CC3)c(=O)[nH]c2cc1OC. The number of piperazine rings is 1. The number of benzene rings is 2. The molecule has 2 aromatic heterocycles. The van der Waals surface area contributed by atoms with E-state index in [9.17, 15) is 4.79 Å². The molecule has 1 aliphatic carbocycles. The van der Waals surface area contributed by atoms with E-state index < -0.39 is 6.04 Å². The Labute approximate surface area is 233 Å². The number of pyridine rings is 1. The molecular weight excluding hydrogens is 506 g/mol. The fraction of sp³-hybridized carbons (Fsp3) is 0.467. The average Bonchev–Trinajstić information content (AvgIpc) is 3.45. The fourth-order valence-corrected chi connectivity index (χ4v) is 6.34. The summed E-state index contributed by atoms with van der Waals surface area (Å²) in [6.07, 6.45) is 6.57. The van der Waals surface area contributed by atoms with Crippen molar-refractivity contribution in [2.45, 2.75) is 50.7 Å². The molecule has 1 atom stereocenters. The van der Waals surface area contributed by atoms with Gasteiger partial charge in [-0.1, -0.05) is 49.6 Å². The van der Waals surface area contributed by atoms with Crippen LogP contribution in [-0.2, 0) is 6.54 Å². The molecule has 0 bridgehead atoms. The Balaban J connectivity index is 1.39. The van der Waals surface area contributed by atoms with E-state index >= 15 is 0 Å². The Bertz CT molecular complexity index is 1490. The molecule has 1 aliphatic heterocycles. The molecular formula is C30H37N7O3. The van der Waals surface area contributed by atoms with Crippen LogP contribution in [0.1, 0.15) is 55.1 Å². The van der Waals surface area contributed by atoms with Crippen molar-refractivity contribution in [2.75, 3.05) is 40.4 Å². The second-order valence-corrected chi connectivity index (χ2v) is 10.8. The lowest BCUT2D eigenvalue weighted by Crippen LogP contribution is -2.52. The number of nitrogens with zero attached hydrogens (tertiary/aromatic N) is 6. The van der Waals surface area contributed by atoms with E-state index in [1.165, 1.54) is 32.1 Å². The van der Waals surface area contributed by atoms with Gasteiger partial charge in [0.25, 0.3) is 5.56 Å². The summed E-state index contributed by atoms with van der Waals surface area (Å²) in [6, 6.07) is 16.1. The standard InChI is InChI=1S/C30H37N7O3/c1-39-26-18-22-17-24(30(38)31-25(22)19-27(26)40-2)28(29-32-33-34-37(29)20-21-9-5-3-6-10-21)36-15-13-35(14-16-36)23-11-7-4-8-12-23/h3,5-6,9-10,17-19,23,28H,4,7-8,11-16,20H2,1-2H3,(H,31,38)/t28-/m1/s1. The van der Waals surface area contributed by atoms with Gasteiger partial charge < -0.3 is 14.5 Å². The molecule has 1 N–H and O–H groups in total. The van der Waals surface area contributed by atoms with Crippen LogP contribution in [0.5, 0.6) is 11.5 Å². The van der Waals surface area contributed by atoms with Crippen LogP contribution in [0.2, 0.25) is 0 Å². The third kappa shape index (κ3) is 5.33. The predicted octanol–water partition coefficient (Wildman–Crippen LogP) is 3.62. The zero-order chi connectivity index (χ0) is 27.5. The number of rotatable bonds is 8. The molecule has 40 heavy (non-hydrogen) atoms. The van der Waals surface area contributed by atoms with Gasteiger partial charge in [0, 0.05) is 49.2 Å². The van der Waals surface area contributed by atoms with Gasteiger partial charge in [-0.25, -0.2) is 4.68 Å². The van der Waals surface area contributed by atoms with Gasteiger partial charge >= 0.3 is 0 Å². The third-order valence-corrected chi connectivity index (χ3v) is 8.46. The van der Waals surface area contributed by atoms with E-state index in [0.717, 1.165) is 37.1 Å². The Morgan fingerprint density at radius 2 is 1.68 bits per heavy atom. The van der Waals surface area contributed by atoms with Crippen LogP contribution in [0.3, 0.4) is 0 Å². The number of aromatic nitrogens is 5. The molecule has 2 aliphatic rings. The van der Waals surface area contributed by atoms with Crippen LogP contribution >= 0.6 is 0 Å². The molecule has 2 fully saturated rings. The van der Waals surface area contributed by atoms with E-state index in [1.807, 2.05) is 35.0 Å². The van der Waals surface area contributed by atoms with Gasteiger partial charge in [0.15, 0.2) is 17.3 Å². The molecule has 0 unspecified atom stereocenters. The minimum atomic E-state index is -0.395. The minimum absolute atomic E-state index is 0.159. The van der Waals surface area contributed by atoms with Crippen LogP contribution in [0.4, 0.5) is 0 Å². The van der Waals surface area contributed by atoms with Crippen molar-refractivity contribution in [3.05, 3.63) is 75.8 Å². The number of H-pyrrole nitrogens is 1. The van der Waals surface area contributed by atoms with Crippen molar-refractivity contribution in [2.24, 2.45) is 0 Å². The first-order valence-electron chi connectivity index (χ1n) is 14.2. The monoisotopic (exact) mass is 543 g/mol. The van der Waals surface area contributed by atoms with Gasteiger partial charge in [-0.15, -0.1) is 5.10 Å². The van der Waals surface area contributed by atoms with Gasteiger partial charge in [0.2, 0.25) is 0 Å². The van der Waals surface area contributed by atoms with E-state index in [1.54, 1.807) is 20.3 Å². The first kappa shape index (κ1) is 26.5. The fourth-order valence-electron chi connectivity index (χ4n) is 6.34. The topological polar surface area (TPSA) is 101 Å². The Morgan fingerprint density at radius 1 is 0.950 bits per heavy atom. The number of hydrogen-bond acceptors (Lipinski definition) is 8. The summed E-state index contributed by atoms with van der Waals surface area (Å²) in [6.45, 7) is 4.14. The molecule has 6 rings (SSSR count). The van der Waals surface area contributed by atoms with Crippen LogP contribution in [-0.4, -0.2) is 81.4 Å². The van der Waals surface area contributed by atoms with Crippen molar-refractivity contribution in [3.8, 4) is 11.5 Å². The van der Waals surface area contributed by atoms with Crippen molar-refractivity contribution in [1.29, 1.82) is 0 Å². The predicted molar refractivity (Wildman–Crippen MR) is 153 cm³/mol. The highest BCUT2D eigenvalue weighted by atomic mass is 16.5. The number of tetrazole rings is 1. The lowest BCUT2D eigenvalue weighted by molar-refractivity contribution is 0.0618. The maximum Gasteiger partial charge on any atom is 0.253 e. The maximum atomic E-state index is 13.7. The Morgan fingerprint density at radius 3 is 2.40 bits per heavy atom. The molecule has 3 heterocycles. The highest BCUT2D eigenvalue weighted by Gasteiger charge is 2.34. The summed E-state index contributed by atoms with van der Waals surface area (Å²) in [5.74, 6) is 1.85. The number of ether oxygens (including phenoxy) is 2. The second-order valence-electron chi connectivity index (χ2n) is 10.8. The molecule has 4 aromatic rings. The van der Waals surface area contributed by atoms with Crippen molar-refractivity contribution >= 4 is 10.9 Å². The molecule has 10 nitrogen and oxygen atoms in total. The summed E-state index contributed by atoms with van der Waals surface area (Å²) < 4.78 is 12.8. The van der Waals surface area contributed by atoms with Crippen LogP contribution < -0.4 is 15.0 Å². The quantitative estimate of drug-likeness (QED) is 0.360. The summed E-state index contributed by atoms with van der Waals surface area (Å²) in [5.41, 5.74) is 2.25. The van der Waals surface area contributed by atoms with Crippen molar-refractivity contribution in [1.82, 2.24) is 35.0 Å². The normalized spacial score (nSPS) is 18.1. The summed E-state index contributed by atoms with van der Waals surface area (Å²) in [4.78, 5) is 21.8. The number of hydrogen-bond donors (Lipinski definition) is 1. The lowest BCUT2D eigenvalue weighted by Gasteiger charge is -2.43. The second kappa shape index (κ2) is 11.8. The van der Waals surface area contributed by atoms with Gasteiger partial charge in [0.1, 0.15) is 6.04 Å². The molecule has 2 aromatic carbocycles. The molecule has 10 heteroatoms. The summed E-state index contributed by atoms with van der Waals surface area (Å²) in [5, 5.41) is 13.8. The average molecular weight is 544 g/mol. The number of fused-ring (bicyclic) bond motifs is 1. The van der Waals surface area contributed by atoms with E-state index in [0.29, 0.717) is 41.0 Å². The number of nitrogens with one attached hydrogen (secondary N) is 1. The lowest BCUT2D eigenvalue weighted by atomic mass is 9.93.